The predicted octanol–water partition coefficient (Wildman–Crippen LogP) is 1.33. The molecule has 3 rings (SSSR count). The van der Waals surface area contributed by atoms with Crippen LogP contribution in [0.1, 0.15) is 58.8 Å². The summed E-state index contributed by atoms with van der Waals surface area (Å²) in [7, 11) is 0. The summed E-state index contributed by atoms with van der Waals surface area (Å²) >= 11 is 0. The summed E-state index contributed by atoms with van der Waals surface area (Å²) < 4.78 is 5.99. The molecular formula is C21H38N4O3. The first kappa shape index (κ1) is 21.5. The summed E-state index contributed by atoms with van der Waals surface area (Å²) in [4.78, 5) is 29.2. The fourth-order valence-corrected chi connectivity index (χ4v) is 5.15. The van der Waals surface area contributed by atoms with Crippen molar-refractivity contribution in [2.24, 2.45) is 5.92 Å². The van der Waals surface area contributed by atoms with E-state index in [1.54, 1.807) is 0 Å². The van der Waals surface area contributed by atoms with E-state index in [4.69, 9.17) is 4.74 Å². The van der Waals surface area contributed by atoms with Gasteiger partial charge in [-0.3, -0.25) is 19.4 Å². The number of piperidine rings is 1. The Kier molecular flexibility index (Phi) is 7.71. The number of hydrogen-bond donors (Lipinski definition) is 2. The summed E-state index contributed by atoms with van der Waals surface area (Å²) in [5.41, 5.74) is -0.804. The van der Waals surface area contributed by atoms with E-state index in [1.165, 1.54) is 12.8 Å². The summed E-state index contributed by atoms with van der Waals surface area (Å²) in [6, 6.07) is 0.428. The molecule has 28 heavy (non-hydrogen) atoms. The zero-order valence-corrected chi connectivity index (χ0v) is 17.6. The molecular weight excluding hydrogens is 356 g/mol. The average molecular weight is 395 g/mol. The fraction of sp³-hybridized carbons (Fsp3) is 0.905. The number of carbonyl (C=O) groups is 2. The van der Waals surface area contributed by atoms with Gasteiger partial charge in [-0.1, -0.05) is 20.3 Å². The van der Waals surface area contributed by atoms with Crippen LogP contribution in [0.4, 0.5) is 0 Å². The lowest BCUT2D eigenvalue weighted by Crippen LogP contribution is -2.59. The Labute approximate surface area is 169 Å². The number of esters is 1. The number of nitrogens with one attached hydrogen (secondary N) is 2. The van der Waals surface area contributed by atoms with Gasteiger partial charge in [-0.15, -0.1) is 0 Å². The molecule has 1 saturated carbocycles. The number of piperazine rings is 1. The molecule has 2 saturated heterocycles. The van der Waals surface area contributed by atoms with Gasteiger partial charge in [0.1, 0.15) is 6.04 Å². The van der Waals surface area contributed by atoms with Crippen LogP contribution in [0.25, 0.3) is 0 Å². The largest absolute Gasteiger partial charge is 0.438 e. The van der Waals surface area contributed by atoms with Crippen LogP contribution in [-0.2, 0) is 14.3 Å². The van der Waals surface area contributed by atoms with Gasteiger partial charge in [0.15, 0.2) is 5.72 Å². The molecule has 2 N–H and O–H groups in total. The van der Waals surface area contributed by atoms with E-state index in [0.717, 1.165) is 58.5 Å². The molecule has 2 heterocycles. The molecule has 0 radical (unpaired) electrons. The van der Waals surface area contributed by atoms with Crippen molar-refractivity contribution in [2.75, 3.05) is 39.3 Å². The first-order valence-electron chi connectivity index (χ1n) is 11.2. The number of amides is 1. The second-order valence-corrected chi connectivity index (χ2v) is 8.98. The topological polar surface area (TPSA) is 73.9 Å². The third kappa shape index (κ3) is 5.24. The zero-order chi connectivity index (χ0) is 20.0. The maximum Gasteiger partial charge on any atom is 0.325 e. The van der Waals surface area contributed by atoms with Crippen molar-refractivity contribution in [2.45, 2.75) is 76.6 Å². The molecule has 1 atom stereocenters. The maximum absolute atomic E-state index is 13.2. The predicted molar refractivity (Wildman–Crippen MR) is 109 cm³/mol. The molecule has 0 aromatic carbocycles. The van der Waals surface area contributed by atoms with Gasteiger partial charge in [0.2, 0.25) is 6.41 Å². The van der Waals surface area contributed by atoms with Crippen molar-refractivity contribution in [3.63, 3.8) is 0 Å². The maximum atomic E-state index is 13.2. The van der Waals surface area contributed by atoms with Gasteiger partial charge in [0.05, 0.1) is 0 Å². The van der Waals surface area contributed by atoms with Gasteiger partial charge in [-0.25, -0.2) is 0 Å². The highest BCUT2D eigenvalue weighted by Crippen LogP contribution is 2.30. The minimum Gasteiger partial charge on any atom is -0.438 e. The minimum absolute atomic E-state index is 0.176. The zero-order valence-electron chi connectivity index (χ0n) is 17.6. The molecule has 0 bridgehead atoms. The fourth-order valence-electron chi connectivity index (χ4n) is 5.15. The van der Waals surface area contributed by atoms with Crippen molar-refractivity contribution in [1.29, 1.82) is 0 Å². The molecule has 1 aliphatic carbocycles. The Morgan fingerprint density at radius 1 is 1.11 bits per heavy atom. The third-order valence-electron chi connectivity index (χ3n) is 6.72. The molecule has 3 aliphatic rings. The first-order valence-corrected chi connectivity index (χ1v) is 11.2. The Morgan fingerprint density at radius 3 is 2.32 bits per heavy atom. The third-order valence-corrected chi connectivity index (χ3v) is 6.72. The number of hydrogen-bond acceptors (Lipinski definition) is 6. The number of ether oxygens (including phenoxy) is 1. The Bertz CT molecular complexity index is 508. The van der Waals surface area contributed by atoms with Crippen molar-refractivity contribution in [3.05, 3.63) is 0 Å². The van der Waals surface area contributed by atoms with Gasteiger partial charge in [0.25, 0.3) is 0 Å². The quantitative estimate of drug-likeness (QED) is 0.386. The lowest BCUT2D eigenvalue weighted by atomic mass is 9.91. The van der Waals surface area contributed by atoms with Crippen molar-refractivity contribution in [1.82, 2.24) is 20.4 Å². The lowest BCUT2D eigenvalue weighted by Gasteiger charge is -2.44. The van der Waals surface area contributed by atoms with E-state index >= 15 is 0 Å². The van der Waals surface area contributed by atoms with Crippen LogP contribution < -0.4 is 10.6 Å². The van der Waals surface area contributed by atoms with E-state index in [1.807, 2.05) is 0 Å². The molecule has 3 fully saturated rings. The van der Waals surface area contributed by atoms with E-state index in [9.17, 15) is 9.59 Å². The molecule has 7 nitrogen and oxygen atoms in total. The molecule has 7 heteroatoms. The molecule has 0 aromatic rings. The van der Waals surface area contributed by atoms with Crippen LogP contribution in [0.3, 0.4) is 0 Å². The van der Waals surface area contributed by atoms with Crippen LogP contribution in [0.5, 0.6) is 0 Å². The Hall–Kier alpha value is -1.18. The van der Waals surface area contributed by atoms with Crippen LogP contribution in [0.15, 0.2) is 0 Å². The minimum atomic E-state index is -0.804. The number of rotatable bonds is 7. The second kappa shape index (κ2) is 10.0. The smallest absolute Gasteiger partial charge is 0.325 e. The number of nitrogens with zero attached hydrogens (tertiary/aromatic N) is 2. The standard InChI is InChI=1S/C21H38N4O3/c1-17(2)19(20(27)28-21(23-16-26)8-4-3-5-9-21)25-14-12-24(13-15-25)18-6-10-22-11-7-18/h16-19,22H,3-15H2,1-2H3,(H,23,26). The van der Waals surface area contributed by atoms with Crippen molar-refractivity contribution >= 4 is 12.4 Å². The number of carbonyl (C=O) groups excluding carboxylic acids is 2. The highest BCUT2D eigenvalue weighted by atomic mass is 16.6. The van der Waals surface area contributed by atoms with Crippen molar-refractivity contribution < 1.29 is 14.3 Å². The summed E-state index contributed by atoms with van der Waals surface area (Å²) in [6.07, 6.45) is 7.64. The van der Waals surface area contributed by atoms with Gasteiger partial charge < -0.3 is 15.4 Å². The molecule has 160 valence electrons. The lowest BCUT2D eigenvalue weighted by molar-refractivity contribution is -0.177. The summed E-state index contributed by atoms with van der Waals surface area (Å²) in [5.74, 6) is -0.00336. The monoisotopic (exact) mass is 394 g/mol. The highest BCUT2D eigenvalue weighted by Gasteiger charge is 2.40. The van der Waals surface area contributed by atoms with E-state index in [0.29, 0.717) is 25.3 Å². The van der Waals surface area contributed by atoms with Gasteiger partial charge in [0, 0.05) is 45.1 Å². The molecule has 1 unspecified atom stereocenters. The van der Waals surface area contributed by atoms with Crippen LogP contribution in [0, 0.1) is 5.92 Å². The highest BCUT2D eigenvalue weighted by molar-refractivity contribution is 5.77. The first-order chi connectivity index (χ1) is 13.5. The molecule has 0 spiro atoms. The summed E-state index contributed by atoms with van der Waals surface area (Å²) in [5, 5.41) is 6.25. The Morgan fingerprint density at radius 2 is 1.75 bits per heavy atom. The SMILES string of the molecule is CC(C)C(C(=O)OC1(NC=O)CCCCC1)N1CCN(C2CCNCC2)CC1. The van der Waals surface area contributed by atoms with Gasteiger partial charge in [-0.2, -0.15) is 0 Å². The molecule has 1 amide bonds. The van der Waals surface area contributed by atoms with Crippen LogP contribution in [0.2, 0.25) is 0 Å². The van der Waals surface area contributed by atoms with Gasteiger partial charge >= 0.3 is 5.97 Å². The molecule has 0 aromatic heterocycles. The molecule has 2 aliphatic heterocycles. The normalized spacial score (nSPS) is 26.0. The second-order valence-electron chi connectivity index (χ2n) is 8.98. The van der Waals surface area contributed by atoms with Crippen molar-refractivity contribution in [3.8, 4) is 0 Å². The average Bonchev–Trinajstić information content (AvgIpc) is 2.70. The van der Waals surface area contributed by atoms with E-state index in [2.05, 4.69) is 34.3 Å². The van der Waals surface area contributed by atoms with E-state index < -0.39 is 5.72 Å². The van der Waals surface area contributed by atoms with Gasteiger partial charge in [-0.05, 0) is 44.7 Å². The van der Waals surface area contributed by atoms with Crippen LogP contribution in [-0.4, -0.2) is 79.3 Å². The summed E-state index contributed by atoms with van der Waals surface area (Å²) in [6.45, 7) is 10.2. The van der Waals surface area contributed by atoms with Crippen LogP contribution >= 0.6 is 0 Å². The Balaban J connectivity index is 1.59. The van der Waals surface area contributed by atoms with E-state index in [-0.39, 0.29) is 17.9 Å².